The van der Waals surface area contributed by atoms with Gasteiger partial charge < -0.3 is 35.3 Å². The molecule has 2 aromatic carbocycles. The molecule has 0 fully saturated rings. The zero-order valence-corrected chi connectivity index (χ0v) is 21.5. The zero-order valence-electron chi connectivity index (χ0n) is 20.7. The van der Waals surface area contributed by atoms with Crippen molar-refractivity contribution in [1.82, 2.24) is 10.6 Å². The zero-order chi connectivity index (χ0) is 26.7. The number of nitrogens with two attached hydrogens (primary N) is 1. The number of nitrogens with one attached hydrogen (secondary N) is 3. The summed E-state index contributed by atoms with van der Waals surface area (Å²) in [5.74, 6) is -3.25. The molecule has 2 aromatic rings. The third kappa shape index (κ3) is 9.16. The van der Waals surface area contributed by atoms with E-state index in [2.05, 4.69) is 10.6 Å². The average molecular weight is 545 g/mol. The van der Waals surface area contributed by atoms with Crippen LogP contribution in [0.1, 0.15) is 29.7 Å². The van der Waals surface area contributed by atoms with Crippen LogP contribution in [0.2, 0.25) is 0 Å². The van der Waals surface area contributed by atoms with Crippen LogP contribution < -0.4 is 25.8 Å². The van der Waals surface area contributed by atoms with Crippen LogP contribution in [-0.2, 0) is 25.6 Å². The molecule has 0 aliphatic heterocycles. The van der Waals surface area contributed by atoms with Gasteiger partial charge in [0.1, 0.15) is 29.0 Å². The van der Waals surface area contributed by atoms with Gasteiger partial charge >= 0.3 is 0 Å². The van der Waals surface area contributed by atoms with Gasteiger partial charge in [0.05, 0.1) is 19.3 Å². The van der Waals surface area contributed by atoms with E-state index in [0.29, 0.717) is 24.3 Å². The number of nitrogen functional groups attached to an aromatic ring is 1. The van der Waals surface area contributed by atoms with E-state index >= 15 is 0 Å². The van der Waals surface area contributed by atoms with Crippen molar-refractivity contribution >= 4 is 30.1 Å². The van der Waals surface area contributed by atoms with E-state index in [0.717, 1.165) is 12.1 Å². The fourth-order valence-electron chi connectivity index (χ4n) is 3.15. The molecule has 0 aliphatic carbocycles. The predicted molar refractivity (Wildman–Crippen MR) is 134 cm³/mol. The Bertz CT molecular complexity index is 1070. The molecule has 0 spiro atoms. The fourth-order valence-corrected chi connectivity index (χ4v) is 3.15. The highest BCUT2D eigenvalue weighted by Gasteiger charge is 2.28. The largest absolute Gasteiger partial charge is 0.497 e. The first-order chi connectivity index (χ1) is 17.2. The van der Waals surface area contributed by atoms with Gasteiger partial charge in [0.25, 0.3) is 11.8 Å². The smallest absolute Gasteiger partial charge is 0.258 e. The predicted octanol–water partition coefficient (Wildman–Crippen LogP) is 2.21. The highest BCUT2D eigenvalue weighted by Crippen LogP contribution is 2.29. The minimum atomic E-state index is -1.56. The van der Waals surface area contributed by atoms with Crippen molar-refractivity contribution in [2.24, 2.45) is 5.73 Å². The van der Waals surface area contributed by atoms with Crippen molar-refractivity contribution in [3.8, 4) is 11.5 Å². The molecular weight excluding hydrogens is 514 g/mol. The summed E-state index contributed by atoms with van der Waals surface area (Å²) in [5, 5.41) is 12.8. The Morgan fingerprint density at radius 2 is 1.78 bits per heavy atom. The lowest BCUT2D eigenvalue weighted by Gasteiger charge is -2.20. The lowest BCUT2D eigenvalue weighted by molar-refractivity contribution is -0.133. The SMILES string of the molecule is CCO[C@H](C(=O)NCc1ccc(C(=N)N)cc1OCC(=O)NCCOC)c1c(F)cc(OC)cc1F.Cl. The van der Waals surface area contributed by atoms with Crippen LogP contribution in [0.5, 0.6) is 11.5 Å². The first kappa shape index (κ1) is 31.5. The molecule has 0 saturated carbocycles. The number of hydrogen-bond acceptors (Lipinski definition) is 7. The molecule has 204 valence electrons. The molecule has 0 heterocycles. The Kier molecular flexibility index (Phi) is 13.3. The lowest BCUT2D eigenvalue weighted by Crippen LogP contribution is -2.33. The second-order valence-electron chi connectivity index (χ2n) is 7.43. The normalized spacial score (nSPS) is 11.2. The van der Waals surface area contributed by atoms with E-state index in [1.54, 1.807) is 13.0 Å². The van der Waals surface area contributed by atoms with E-state index < -0.39 is 35.1 Å². The first-order valence-electron chi connectivity index (χ1n) is 11.0. The summed E-state index contributed by atoms with van der Waals surface area (Å²) < 4.78 is 49.8. The van der Waals surface area contributed by atoms with Crippen LogP contribution in [0.25, 0.3) is 0 Å². The second kappa shape index (κ2) is 15.6. The molecule has 13 heteroatoms. The van der Waals surface area contributed by atoms with Gasteiger partial charge in [-0.3, -0.25) is 15.0 Å². The van der Waals surface area contributed by atoms with Crippen molar-refractivity contribution in [2.45, 2.75) is 19.6 Å². The number of benzene rings is 2. The third-order valence-electron chi connectivity index (χ3n) is 4.94. The minimum absolute atomic E-state index is 0. The standard InChI is InChI=1S/C24H30F2N4O6.ClH/c1-4-35-22(21-17(25)10-16(34-3)11-18(21)26)24(32)30-12-15-6-5-14(23(27)28)9-19(15)36-13-20(31)29-7-8-33-2;/h5-6,9-11,22H,4,7-8,12-13H2,1-3H3,(H3,27,28)(H,29,31)(H,30,32);1H/t22-;/m0./s1. The van der Waals surface area contributed by atoms with E-state index in [1.165, 1.54) is 26.4 Å². The van der Waals surface area contributed by atoms with Crippen LogP contribution in [0, 0.1) is 17.0 Å². The Balaban J connectivity index is 0.00000684. The summed E-state index contributed by atoms with van der Waals surface area (Å²) in [5.41, 5.74) is 5.77. The maximum absolute atomic E-state index is 14.6. The van der Waals surface area contributed by atoms with Crippen molar-refractivity contribution in [3.63, 3.8) is 0 Å². The van der Waals surface area contributed by atoms with E-state index in [1.807, 2.05) is 0 Å². The Hall–Kier alpha value is -3.48. The number of amides is 2. The summed E-state index contributed by atoms with van der Waals surface area (Å²) in [6.45, 7) is 1.77. The maximum atomic E-state index is 14.6. The summed E-state index contributed by atoms with van der Waals surface area (Å²) in [7, 11) is 2.77. The molecule has 37 heavy (non-hydrogen) atoms. The second-order valence-corrected chi connectivity index (χ2v) is 7.43. The molecule has 0 unspecified atom stereocenters. The van der Waals surface area contributed by atoms with Gasteiger partial charge in [0.15, 0.2) is 12.7 Å². The van der Waals surface area contributed by atoms with Crippen LogP contribution in [0.15, 0.2) is 30.3 Å². The molecule has 2 rings (SSSR count). The molecular formula is C24H31ClF2N4O6. The molecule has 0 aromatic heterocycles. The number of carbonyl (C=O) groups excluding carboxylic acids is 2. The summed E-state index contributed by atoms with van der Waals surface area (Å²) in [6, 6.07) is 6.47. The van der Waals surface area contributed by atoms with Crippen LogP contribution in [-0.4, -0.2) is 58.2 Å². The molecule has 2 amide bonds. The fraction of sp³-hybridized carbons (Fsp3) is 0.375. The molecule has 0 aliphatic rings. The van der Waals surface area contributed by atoms with Gasteiger partial charge in [-0.1, -0.05) is 12.1 Å². The Labute approximate surface area is 219 Å². The number of halogens is 3. The third-order valence-corrected chi connectivity index (χ3v) is 4.94. The van der Waals surface area contributed by atoms with Gasteiger partial charge in [0.2, 0.25) is 0 Å². The topological polar surface area (TPSA) is 145 Å². The number of methoxy groups -OCH3 is 2. The molecule has 1 atom stereocenters. The molecule has 0 saturated heterocycles. The number of amidine groups is 1. The molecule has 5 N–H and O–H groups in total. The maximum Gasteiger partial charge on any atom is 0.258 e. The first-order valence-corrected chi connectivity index (χ1v) is 11.0. The summed E-state index contributed by atoms with van der Waals surface area (Å²) in [6.07, 6.45) is -1.56. The quantitative estimate of drug-likeness (QED) is 0.162. The van der Waals surface area contributed by atoms with Crippen LogP contribution >= 0.6 is 12.4 Å². The number of carbonyl (C=O) groups is 2. The van der Waals surface area contributed by atoms with Gasteiger partial charge in [0, 0.05) is 50.1 Å². The highest BCUT2D eigenvalue weighted by atomic mass is 35.5. The van der Waals surface area contributed by atoms with Crippen molar-refractivity contribution in [1.29, 1.82) is 5.41 Å². The molecule has 0 bridgehead atoms. The van der Waals surface area contributed by atoms with Crippen molar-refractivity contribution in [3.05, 3.63) is 58.7 Å². The van der Waals surface area contributed by atoms with E-state index in [4.69, 9.17) is 30.1 Å². The molecule has 0 radical (unpaired) electrons. The van der Waals surface area contributed by atoms with E-state index in [-0.39, 0.29) is 49.5 Å². The van der Waals surface area contributed by atoms with Gasteiger partial charge in [-0.25, -0.2) is 8.78 Å². The van der Waals surface area contributed by atoms with Crippen molar-refractivity contribution in [2.75, 3.05) is 40.6 Å². The Morgan fingerprint density at radius 3 is 2.35 bits per heavy atom. The minimum Gasteiger partial charge on any atom is -0.497 e. The summed E-state index contributed by atoms with van der Waals surface area (Å²) in [4.78, 5) is 24.9. The highest BCUT2D eigenvalue weighted by molar-refractivity contribution is 5.95. The Morgan fingerprint density at radius 1 is 1.11 bits per heavy atom. The lowest BCUT2D eigenvalue weighted by atomic mass is 10.1. The molecule has 10 nitrogen and oxygen atoms in total. The van der Waals surface area contributed by atoms with Crippen LogP contribution in [0.3, 0.4) is 0 Å². The summed E-state index contributed by atoms with van der Waals surface area (Å²) >= 11 is 0. The van der Waals surface area contributed by atoms with Crippen molar-refractivity contribution < 1.29 is 37.3 Å². The van der Waals surface area contributed by atoms with E-state index in [9.17, 15) is 18.4 Å². The number of rotatable bonds is 14. The van der Waals surface area contributed by atoms with Gasteiger partial charge in [-0.15, -0.1) is 12.4 Å². The number of hydrogen-bond donors (Lipinski definition) is 4. The monoisotopic (exact) mass is 544 g/mol. The van der Waals surface area contributed by atoms with Crippen LogP contribution in [0.4, 0.5) is 8.78 Å². The van der Waals surface area contributed by atoms with Gasteiger partial charge in [-0.05, 0) is 13.0 Å². The van der Waals surface area contributed by atoms with Gasteiger partial charge in [-0.2, -0.15) is 0 Å². The number of ether oxygens (including phenoxy) is 4. The average Bonchev–Trinajstić information content (AvgIpc) is 2.85.